The van der Waals surface area contributed by atoms with E-state index in [2.05, 4.69) is 10.3 Å². The lowest BCUT2D eigenvalue weighted by atomic mass is 9.89. The zero-order chi connectivity index (χ0) is 18.0. The molecular weight excluding hydrogens is 343 g/mol. The molecule has 0 saturated heterocycles. The first kappa shape index (κ1) is 17.7. The maximum atomic E-state index is 13.2. The van der Waals surface area contributed by atoms with E-state index in [0.29, 0.717) is 15.3 Å². The fourth-order valence-corrected chi connectivity index (χ4v) is 3.71. The Morgan fingerprint density at radius 3 is 2.96 bits per heavy atom. The zero-order valence-corrected chi connectivity index (χ0v) is 15.0. The SMILES string of the molecule is COC1C=CC(CC(=O)Nc2nc3ccc(F)cc3s2)=CC1(C)OC. The number of thiazole rings is 1. The Bertz CT molecular complexity index is 861. The molecule has 5 nitrogen and oxygen atoms in total. The van der Waals surface area contributed by atoms with E-state index in [9.17, 15) is 9.18 Å². The largest absolute Gasteiger partial charge is 0.374 e. The van der Waals surface area contributed by atoms with Gasteiger partial charge in [-0.2, -0.15) is 0 Å². The van der Waals surface area contributed by atoms with E-state index >= 15 is 0 Å². The van der Waals surface area contributed by atoms with Gasteiger partial charge in [0.05, 0.1) is 16.6 Å². The normalized spacial score (nSPS) is 22.9. The fraction of sp³-hybridized carbons (Fsp3) is 0.333. The lowest BCUT2D eigenvalue weighted by molar-refractivity contribution is -0.115. The minimum Gasteiger partial charge on any atom is -0.374 e. The summed E-state index contributed by atoms with van der Waals surface area (Å²) in [7, 11) is 3.23. The van der Waals surface area contributed by atoms with Crippen molar-refractivity contribution < 1.29 is 18.7 Å². The van der Waals surface area contributed by atoms with Gasteiger partial charge < -0.3 is 14.8 Å². The lowest BCUT2D eigenvalue weighted by Crippen LogP contribution is -2.41. The quantitative estimate of drug-likeness (QED) is 0.881. The summed E-state index contributed by atoms with van der Waals surface area (Å²) in [5.41, 5.74) is 0.877. The number of hydrogen-bond donors (Lipinski definition) is 1. The highest BCUT2D eigenvalue weighted by Gasteiger charge is 2.33. The minimum atomic E-state index is -0.619. The Hall–Kier alpha value is -2.09. The molecule has 1 amide bonds. The third kappa shape index (κ3) is 3.78. The summed E-state index contributed by atoms with van der Waals surface area (Å²) < 4.78 is 24.9. The predicted octanol–water partition coefficient (Wildman–Crippen LogP) is 3.68. The molecule has 2 aromatic rings. The van der Waals surface area contributed by atoms with Crippen molar-refractivity contribution in [2.45, 2.75) is 25.0 Å². The summed E-state index contributed by atoms with van der Waals surface area (Å²) in [5, 5.41) is 3.22. The summed E-state index contributed by atoms with van der Waals surface area (Å²) in [6, 6.07) is 4.35. The van der Waals surface area contributed by atoms with Crippen LogP contribution in [-0.2, 0) is 14.3 Å². The number of aromatic nitrogens is 1. The second kappa shape index (κ2) is 7.03. The molecule has 3 rings (SSSR count). The van der Waals surface area contributed by atoms with Crippen LogP contribution in [0.2, 0.25) is 0 Å². The first-order valence-electron chi connectivity index (χ1n) is 7.77. The molecule has 0 radical (unpaired) electrons. The molecule has 0 spiro atoms. The molecule has 2 atom stereocenters. The van der Waals surface area contributed by atoms with Crippen LogP contribution in [0.4, 0.5) is 9.52 Å². The zero-order valence-electron chi connectivity index (χ0n) is 14.2. The van der Waals surface area contributed by atoms with E-state index in [1.54, 1.807) is 20.3 Å². The number of carbonyl (C=O) groups is 1. The molecule has 1 N–H and O–H groups in total. The molecule has 0 aliphatic heterocycles. The number of nitrogens with zero attached hydrogens (tertiary/aromatic N) is 1. The number of allylic oxidation sites excluding steroid dienone is 1. The van der Waals surface area contributed by atoms with Gasteiger partial charge in [0, 0.05) is 14.2 Å². The van der Waals surface area contributed by atoms with Crippen molar-refractivity contribution in [2.24, 2.45) is 0 Å². The maximum Gasteiger partial charge on any atom is 0.230 e. The average Bonchev–Trinajstić information content (AvgIpc) is 2.96. The smallest absolute Gasteiger partial charge is 0.230 e. The third-order valence-corrected chi connectivity index (χ3v) is 5.11. The van der Waals surface area contributed by atoms with Crippen molar-refractivity contribution in [2.75, 3.05) is 19.5 Å². The van der Waals surface area contributed by atoms with Gasteiger partial charge in [0.1, 0.15) is 17.5 Å². The predicted molar refractivity (Wildman–Crippen MR) is 96.3 cm³/mol. The lowest BCUT2D eigenvalue weighted by Gasteiger charge is -2.34. The van der Waals surface area contributed by atoms with E-state index < -0.39 is 5.60 Å². The number of halogens is 1. The highest BCUT2D eigenvalue weighted by atomic mass is 32.1. The van der Waals surface area contributed by atoms with Crippen molar-refractivity contribution in [1.82, 2.24) is 4.98 Å². The van der Waals surface area contributed by atoms with Gasteiger partial charge in [-0.1, -0.05) is 23.5 Å². The highest BCUT2D eigenvalue weighted by molar-refractivity contribution is 7.22. The molecule has 25 heavy (non-hydrogen) atoms. The molecule has 132 valence electrons. The van der Waals surface area contributed by atoms with Gasteiger partial charge in [0.15, 0.2) is 5.13 Å². The van der Waals surface area contributed by atoms with E-state index in [1.165, 1.54) is 23.5 Å². The van der Waals surface area contributed by atoms with Crippen molar-refractivity contribution >= 4 is 32.6 Å². The number of amides is 1. The number of ether oxygens (including phenoxy) is 2. The third-order valence-electron chi connectivity index (χ3n) is 4.18. The number of anilines is 1. The average molecular weight is 362 g/mol. The molecule has 2 unspecified atom stereocenters. The summed E-state index contributed by atoms with van der Waals surface area (Å²) >= 11 is 1.24. The van der Waals surface area contributed by atoms with Crippen LogP contribution in [0.3, 0.4) is 0 Å². The van der Waals surface area contributed by atoms with Gasteiger partial charge >= 0.3 is 0 Å². The molecule has 1 heterocycles. The van der Waals surface area contributed by atoms with Crippen molar-refractivity contribution in [3.05, 3.63) is 47.8 Å². The number of benzene rings is 1. The Labute approximate surface area is 149 Å². The standard InChI is InChI=1S/C18H19FN2O3S/c1-18(24-3)10-11(4-7-15(18)23-2)8-16(22)21-17-20-13-6-5-12(19)9-14(13)25-17/h4-7,9-10,15H,8H2,1-3H3,(H,20,21,22). The van der Waals surface area contributed by atoms with Gasteiger partial charge in [0.2, 0.25) is 5.91 Å². The number of carbonyl (C=O) groups excluding carboxylic acids is 1. The van der Waals surface area contributed by atoms with Crippen molar-refractivity contribution in [1.29, 1.82) is 0 Å². The van der Waals surface area contributed by atoms with Gasteiger partial charge in [-0.25, -0.2) is 9.37 Å². The summed E-state index contributed by atoms with van der Waals surface area (Å²) in [5.74, 6) is -0.511. The van der Waals surface area contributed by atoms with E-state index in [1.807, 2.05) is 25.2 Å². The van der Waals surface area contributed by atoms with Crippen LogP contribution in [0.25, 0.3) is 10.2 Å². The van der Waals surface area contributed by atoms with Crippen LogP contribution in [0.15, 0.2) is 42.0 Å². The van der Waals surface area contributed by atoms with E-state index in [-0.39, 0.29) is 24.2 Å². The number of fused-ring (bicyclic) bond motifs is 1. The van der Waals surface area contributed by atoms with Crippen LogP contribution in [-0.4, -0.2) is 36.8 Å². The summed E-state index contributed by atoms with van der Waals surface area (Å²) in [4.78, 5) is 16.6. The van der Waals surface area contributed by atoms with Gasteiger partial charge in [-0.15, -0.1) is 0 Å². The highest BCUT2D eigenvalue weighted by Crippen LogP contribution is 2.29. The number of methoxy groups -OCH3 is 2. The van der Waals surface area contributed by atoms with Crippen LogP contribution in [0, 0.1) is 5.82 Å². The Morgan fingerprint density at radius 2 is 2.24 bits per heavy atom. The Balaban J connectivity index is 1.70. The Morgan fingerprint density at radius 1 is 1.44 bits per heavy atom. The van der Waals surface area contributed by atoms with Gasteiger partial charge in [0.25, 0.3) is 0 Å². The van der Waals surface area contributed by atoms with Crippen LogP contribution >= 0.6 is 11.3 Å². The number of rotatable bonds is 5. The fourth-order valence-electron chi connectivity index (χ4n) is 2.80. The number of nitrogens with one attached hydrogen (secondary N) is 1. The number of hydrogen-bond acceptors (Lipinski definition) is 5. The van der Waals surface area contributed by atoms with Crippen molar-refractivity contribution in [3.8, 4) is 0 Å². The molecule has 0 fully saturated rings. The van der Waals surface area contributed by atoms with E-state index in [0.717, 1.165) is 5.57 Å². The second-order valence-corrected chi connectivity index (χ2v) is 7.01. The molecule has 0 bridgehead atoms. The molecule has 1 aliphatic carbocycles. The topological polar surface area (TPSA) is 60.5 Å². The van der Waals surface area contributed by atoms with Gasteiger partial charge in [-0.3, -0.25) is 4.79 Å². The summed E-state index contributed by atoms with van der Waals surface area (Å²) in [6.07, 6.45) is 5.63. The second-order valence-electron chi connectivity index (χ2n) is 5.98. The van der Waals surface area contributed by atoms with E-state index in [4.69, 9.17) is 9.47 Å². The molecule has 0 saturated carbocycles. The molecular formula is C18H19FN2O3S. The molecule has 1 aliphatic rings. The van der Waals surface area contributed by atoms with Crippen molar-refractivity contribution in [3.63, 3.8) is 0 Å². The van der Waals surface area contributed by atoms with Crippen LogP contribution < -0.4 is 5.32 Å². The molecule has 1 aromatic carbocycles. The molecule has 7 heteroatoms. The molecule has 1 aromatic heterocycles. The first-order chi connectivity index (χ1) is 11.9. The maximum absolute atomic E-state index is 13.2. The monoisotopic (exact) mass is 362 g/mol. The summed E-state index contributed by atoms with van der Waals surface area (Å²) in [6.45, 7) is 1.91. The minimum absolute atomic E-state index is 0.190. The van der Waals surface area contributed by atoms with Crippen LogP contribution in [0.5, 0.6) is 0 Å². The van der Waals surface area contributed by atoms with Crippen LogP contribution in [0.1, 0.15) is 13.3 Å². The van der Waals surface area contributed by atoms with Gasteiger partial charge in [-0.05, 0) is 36.8 Å². The first-order valence-corrected chi connectivity index (χ1v) is 8.59. The Kier molecular flexibility index (Phi) is 4.99.